The van der Waals surface area contributed by atoms with Crippen LogP contribution in [0.1, 0.15) is 76.1 Å². The third-order valence-electron chi connectivity index (χ3n) is 5.57. The zero-order chi connectivity index (χ0) is 21.7. The van der Waals surface area contributed by atoms with Gasteiger partial charge in [0.25, 0.3) is 0 Å². The number of hydrogen-bond donors (Lipinski definition) is 0. The molecule has 0 spiro atoms. The molecule has 1 aromatic heterocycles. The highest BCUT2D eigenvalue weighted by Crippen LogP contribution is 2.37. The monoisotopic (exact) mass is 434 g/mol. The molecule has 2 heterocycles. The summed E-state index contributed by atoms with van der Waals surface area (Å²) in [4.78, 5) is 31.6. The van der Waals surface area contributed by atoms with Crippen LogP contribution in [0.3, 0.4) is 0 Å². The zero-order valence-corrected chi connectivity index (χ0v) is 19.4. The second-order valence-corrected chi connectivity index (χ2v) is 10.6. The van der Waals surface area contributed by atoms with Gasteiger partial charge in [0, 0.05) is 24.8 Å². The molecule has 30 heavy (non-hydrogen) atoms. The summed E-state index contributed by atoms with van der Waals surface area (Å²) < 4.78 is 10.5. The Kier molecular flexibility index (Phi) is 7.66. The molecule has 2 aliphatic rings. The third kappa shape index (κ3) is 6.37. The Balaban J connectivity index is 1.81. The molecule has 1 aliphatic heterocycles. The van der Waals surface area contributed by atoms with Crippen molar-refractivity contribution in [2.45, 2.75) is 81.6 Å². The number of ether oxygens (including phenoxy) is 2. The molecule has 7 heteroatoms. The van der Waals surface area contributed by atoms with Gasteiger partial charge in [-0.25, -0.2) is 9.78 Å². The van der Waals surface area contributed by atoms with Crippen LogP contribution in [0.2, 0.25) is 0 Å². The molecule has 3 rings (SSSR count). The van der Waals surface area contributed by atoms with Crippen LogP contribution in [0.5, 0.6) is 0 Å². The highest BCUT2D eigenvalue weighted by atomic mass is 32.2. The summed E-state index contributed by atoms with van der Waals surface area (Å²) in [5.74, 6) is 0.665. The first-order valence-electron chi connectivity index (χ1n) is 11.0. The van der Waals surface area contributed by atoms with Gasteiger partial charge < -0.3 is 14.4 Å². The van der Waals surface area contributed by atoms with Gasteiger partial charge in [-0.2, -0.15) is 0 Å². The normalized spacial score (nSPS) is 20.3. The fourth-order valence-corrected chi connectivity index (χ4v) is 5.42. The number of carbonyl (C=O) groups excluding carboxylic acids is 2. The predicted molar refractivity (Wildman–Crippen MR) is 119 cm³/mol. The smallest absolute Gasteiger partial charge is 0.341 e. The SMILES string of the molecule is COC(=O)CC1CCCN(c2ccc(C(=O)OC(C)(C)C)c(SC3CCCC3)n2)C1. The average molecular weight is 435 g/mol. The van der Waals surface area contributed by atoms with E-state index in [-0.39, 0.29) is 17.9 Å². The number of hydrogen-bond acceptors (Lipinski definition) is 7. The number of methoxy groups -OCH3 is 1. The van der Waals surface area contributed by atoms with Crippen molar-refractivity contribution >= 4 is 29.5 Å². The molecule has 1 saturated heterocycles. The van der Waals surface area contributed by atoms with E-state index in [2.05, 4.69) is 4.90 Å². The third-order valence-corrected chi connectivity index (χ3v) is 6.91. The first-order chi connectivity index (χ1) is 14.2. The number of carbonyl (C=O) groups is 2. The number of nitrogens with zero attached hydrogens (tertiary/aromatic N) is 2. The maximum absolute atomic E-state index is 12.8. The topological polar surface area (TPSA) is 68.7 Å². The molecule has 0 bridgehead atoms. The van der Waals surface area contributed by atoms with Crippen LogP contribution in [0.4, 0.5) is 5.82 Å². The molecule has 0 amide bonds. The van der Waals surface area contributed by atoms with Crippen LogP contribution in [0.15, 0.2) is 17.2 Å². The molecule has 2 fully saturated rings. The lowest BCUT2D eigenvalue weighted by atomic mass is 9.95. The van der Waals surface area contributed by atoms with E-state index in [1.54, 1.807) is 11.8 Å². The Hall–Kier alpha value is -1.76. The number of esters is 2. The van der Waals surface area contributed by atoms with Gasteiger partial charge in [0.1, 0.15) is 16.4 Å². The molecule has 0 aromatic carbocycles. The zero-order valence-electron chi connectivity index (χ0n) is 18.6. The van der Waals surface area contributed by atoms with Crippen molar-refractivity contribution in [1.82, 2.24) is 4.98 Å². The second-order valence-electron chi connectivity index (χ2n) is 9.28. The summed E-state index contributed by atoms with van der Waals surface area (Å²) in [6, 6.07) is 3.77. The number of aromatic nitrogens is 1. The van der Waals surface area contributed by atoms with E-state index < -0.39 is 5.60 Å². The van der Waals surface area contributed by atoms with Gasteiger partial charge >= 0.3 is 11.9 Å². The van der Waals surface area contributed by atoms with Crippen molar-refractivity contribution in [3.05, 3.63) is 17.7 Å². The Morgan fingerprint density at radius 2 is 1.90 bits per heavy atom. The summed E-state index contributed by atoms with van der Waals surface area (Å²) in [5.41, 5.74) is 0.00709. The van der Waals surface area contributed by atoms with Crippen molar-refractivity contribution < 1.29 is 19.1 Å². The van der Waals surface area contributed by atoms with Crippen LogP contribution >= 0.6 is 11.8 Å². The van der Waals surface area contributed by atoms with Gasteiger partial charge in [-0.3, -0.25) is 4.79 Å². The molecular weight excluding hydrogens is 400 g/mol. The molecule has 0 radical (unpaired) electrons. The van der Waals surface area contributed by atoms with Crippen molar-refractivity contribution in [2.24, 2.45) is 5.92 Å². The lowest BCUT2D eigenvalue weighted by Crippen LogP contribution is -2.37. The maximum atomic E-state index is 12.8. The second kappa shape index (κ2) is 10.0. The Morgan fingerprint density at radius 1 is 1.17 bits per heavy atom. The minimum absolute atomic E-state index is 0.160. The molecule has 1 aliphatic carbocycles. The summed E-state index contributed by atoms with van der Waals surface area (Å²) in [6.07, 6.45) is 7.27. The number of piperidine rings is 1. The van der Waals surface area contributed by atoms with Gasteiger partial charge in [0.15, 0.2) is 0 Å². The van der Waals surface area contributed by atoms with Crippen LogP contribution in [0.25, 0.3) is 0 Å². The van der Waals surface area contributed by atoms with E-state index in [4.69, 9.17) is 14.5 Å². The van der Waals surface area contributed by atoms with Crippen LogP contribution in [-0.4, -0.2) is 48.0 Å². The van der Waals surface area contributed by atoms with Gasteiger partial charge in [-0.1, -0.05) is 12.8 Å². The van der Waals surface area contributed by atoms with Crippen molar-refractivity contribution in [1.29, 1.82) is 0 Å². The number of rotatable bonds is 6. The minimum Gasteiger partial charge on any atom is -0.469 e. The largest absolute Gasteiger partial charge is 0.469 e. The molecule has 166 valence electrons. The number of pyridine rings is 1. The molecule has 6 nitrogen and oxygen atoms in total. The van der Waals surface area contributed by atoms with E-state index >= 15 is 0 Å². The highest BCUT2D eigenvalue weighted by molar-refractivity contribution is 7.99. The molecule has 0 N–H and O–H groups in total. The lowest BCUT2D eigenvalue weighted by Gasteiger charge is -2.33. The van der Waals surface area contributed by atoms with Gasteiger partial charge in [0.2, 0.25) is 0 Å². The quantitative estimate of drug-likeness (QED) is 0.593. The van der Waals surface area contributed by atoms with Gasteiger partial charge in [-0.15, -0.1) is 11.8 Å². The van der Waals surface area contributed by atoms with Crippen molar-refractivity contribution in [3.63, 3.8) is 0 Å². The lowest BCUT2D eigenvalue weighted by molar-refractivity contribution is -0.141. The Labute approximate surface area is 184 Å². The van der Waals surface area contributed by atoms with E-state index in [0.29, 0.717) is 17.2 Å². The summed E-state index contributed by atoms with van der Waals surface area (Å²) >= 11 is 1.71. The summed E-state index contributed by atoms with van der Waals surface area (Å²) in [5, 5.41) is 1.27. The highest BCUT2D eigenvalue weighted by Gasteiger charge is 2.27. The molecular formula is C23H34N2O4S. The van der Waals surface area contributed by atoms with Crippen LogP contribution in [0, 0.1) is 5.92 Å². The Morgan fingerprint density at radius 3 is 2.57 bits per heavy atom. The van der Waals surface area contributed by atoms with E-state index in [0.717, 1.165) is 49.6 Å². The molecule has 1 atom stereocenters. The fraction of sp³-hybridized carbons (Fsp3) is 0.696. The van der Waals surface area contributed by atoms with E-state index in [1.165, 1.54) is 20.0 Å². The Bertz CT molecular complexity index is 756. The average Bonchev–Trinajstić information content (AvgIpc) is 3.19. The summed E-state index contributed by atoms with van der Waals surface area (Å²) in [6.45, 7) is 7.33. The maximum Gasteiger partial charge on any atom is 0.341 e. The van der Waals surface area contributed by atoms with E-state index in [9.17, 15) is 9.59 Å². The first-order valence-corrected chi connectivity index (χ1v) is 11.9. The molecule has 1 saturated carbocycles. The number of thioether (sulfide) groups is 1. The van der Waals surface area contributed by atoms with Crippen molar-refractivity contribution in [3.8, 4) is 0 Å². The fourth-order valence-electron chi connectivity index (χ4n) is 4.11. The summed E-state index contributed by atoms with van der Waals surface area (Å²) in [7, 11) is 1.44. The van der Waals surface area contributed by atoms with Gasteiger partial charge in [-0.05, 0) is 64.5 Å². The molecule has 1 aromatic rings. The van der Waals surface area contributed by atoms with Crippen LogP contribution < -0.4 is 4.90 Å². The first kappa shape index (κ1) is 22.9. The van der Waals surface area contributed by atoms with E-state index in [1.807, 2.05) is 32.9 Å². The minimum atomic E-state index is -0.543. The van der Waals surface area contributed by atoms with Gasteiger partial charge in [0.05, 0.1) is 12.7 Å². The van der Waals surface area contributed by atoms with Crippen molar-refractivity contribution in [2.75, 3.05) is 25.1 Å². The van der Waals surface area contributed by atoms with Crippen LogP contribution in [-0.2, 0) is 14.3 Å². The predicted octanol–water partition coefficient (Wildman–Crippen LogP) is 4.85. The number of anilines is 1. The molecule has 1 unspecified atom stereocenters. The standard InChI is InChI=1S/C23H34N2O4S/c1-23(2,3)29-22(27)18-11-12-19(24-21(18)30-17-9-5-6-10-17)25-13-7-8-16(15-25)14-20(26)28-4/h11-12,16-17H,5-10,13-15H2,1-4H3.